The normalized spacial score (nSPS) is 17.0. The highest BCUT2D eigenvalue weighted by atomic mass is 16.7. The van der Waals surface area contributed by atoms with Crippen molar-refractivity contribution >= 4 is 17.9 Å². The number of alkyl carbamates (subject to hydrolysis) is 1. The maximum absolute atomic E-state index is 13.2. The van der Waals surface area contributed by atoms with Crippen molar-refractivity contribution in [3.63, 3.8) is 0 Å². The van der Waals surface area contributed by atoms with Gasteiger partial charge < -0.3 is 19.5 Å². The highest BCUT2D eigenvalue weighted by molar-refractivity contribution is 5.79. The van der Waals surface area contributed by atoms with Gasteiger partial charge in [-0.05, 0) is 58.4 Å². The molecular formula is C32H26N2O7. The highest BCUT2D eigenvalue weighted by Gasteiger charge is 2.35. The number of benzene rings is 4. The van der Waals surface area contributed by atoms with Gasteiger partial charge in [0, 0.05) is 18.1 Å². The molecule has 0 radical (unpaired) electrons. The lowest BCUT2D eigenvalue weighted by Gasteiger charge is -2.33. The molecule has 4 aromatic carbocycles. The van der Waals surface area contributed by atoms with Gasteiger partial charge in [-0.15, -0.1) is 0 Å². The molecule has 0 saturated carbocycles. The van der Waals surface area contributed by atoms with E-state index in [1.807, 2.05) is 48.5 Å². The lowest BCUT2D eigenvalue weighted by Crippen LogP contribution is -2.42. The third kappa shape index (κ3) is 5.34. The molecule has 4 aromatic rings. The molecule has 0 spiro atoms. The van der Waals surface area contributed by atoms with Crippen molar-refractivity contribution in [2.24, 2.45) is 0 Å². The molecule has 2 aliphatic carbocycles. The second kappa shape index (κ2) is 11.1. The molecule has 1 amide bonds. The number of nitro groups is 1. The van der Waals surface area contributed by atoms with E-state index in [1.54, 1.807) is 0 Å². The number of nitro benzene ring substituents is 1. The number of amides is 1. The molecule has 0 heterocycles. The molecule has 1 N–H and O–H groups in total. The Hall–Kier alpha value is -5.18. The summed E-state index contributed by atoms with van der Waals surface area (Å²) in [6.45, 7) is 0.155. The molecule has 0 saturated heterocycles. The number of rotatable bonds is 6. The monoisotopic (exact) mass is 550 g/mol. The van der Waals surface area contributed by atoms with E-state index in [1.165, 1.54) is 24.3 Å². The number of hydrogen-bond acceptors (Lipinski definition) is 7. The smallest absolute Gasteiger partial charge is 0.449 e. The average molecular weight is 551 g/mol. The molecule has 0 fully saturated rings. The molecule has 0 bridgehead atoms. The van der Waals surface area contributed by atoms with Crippen LogP contribution in [0.2, 0.25) is 0 Å². The van der Waals surface area contributed by atoms with Gasteiger partial charge in [0.2, 0.25) is 0 Å². The molecule has 2 aliphatic rings. The van der Waals surface area contributed by atoms with Crippen molar-refractivity contribution in [1.29, 1.82) is 0 Å². The zero-order valence-corrected chi connectivity index (χ0v) is 21.9. The molecule has 2 atom stereocenters. The van der Waals surface area contributed by atoms with Crippen molar-refractivity contribution in [3.8, 4) is 16.9 Å². The van der Waals surface area contributed by atoms with Gasteiger partial charge in [0.05, 0.1) is 11.0 Å². The van der Waals surface area contributed by atoms with Gasteiger partial charge in [0.15, 0.2) is 0 Å². The Bertz CT molecular complexity index is 1570. The van der Waals surface area contributed by atoms with Gasteiger partial charge in [0.25, 0.3) is 5.69 Å². The fourth-order valence-electron chi connectivity index (χ4n) is 5.67. The van der Waals surface area contributed by atoms with E-state index in [0.29, 0.717) is 12.8 Å². The van der Waals surface area contributed by atoms with Gasteiger partial charge >= 0.3 is 12.2 Å². The second-order valence-electron chi connectivity index (χ2n) is 9.94. The first-order valence-corrected chi connectivity index (χ1v) is 13.3. The van der Waals surface area contributed by atoms with Crippen molar-refractivity contribution in [2.45, 2.75) is 30.9 Å². The summed E-state index contributed by atoms with van der Waals surface area (Å²) in [5, 5.41) is 13.8. The van der Waals surface area contributed by atoms with Gasteiger partial charge in [-0.3, -0.25) is 10.1 Å². The maximum Gasteiger partial charge on any atom is 0.514 e. The number of non-ortho nitro benzene ring substituents is 1. The van der Waals surface area contributed by atoms with Crippen LogP contribution in [0.3, 0.4) is 0 Å². The Morgan fingerprint density at radius 2 is 1.44 bits per heavy atom. The number of ether oxygens (including phenoxy) is 3. The number of hydrogen-bond donors (Lipinski definition) is 1. The second-order valence-corrected chi connectivity index (χ2v) is 9.94. The first kappa shape index (κ1) is 26.1. The molecule has 0 aliphatic heterocycles. The standard InChI is InChI=1S/C32H26N2O7/c35-31(39-19-28-26-11-5-3-9-24(26)25-10-4-6-12-27(25)28)33-30-23-8-2-1-7-20(23)13-18-29(30)41-32(36)40-22-16-14-21(15-17-22)34(37)38/h1-12,14-17,28-30H,13,18-19H2,(H,33,35)/t29-,30+/m0/s1. The summed E-state index contributed by atoms with van der Waals surface area (Å²) in [5.41, 5.74) is 6.25. The average Bonchev–Trinajstić information content (AvgIpc) is 3.31. The van der Waals surface area contributed by atoms with Gasteiger partial charge in [-0.25, -0.2) is 9.59 Å². The molecular weight excluding hydrogens is 524 g/mol. The van der Waals surface area contributed by atoms with Crippen LogP contribution in [0.15, 0.2) is 97.1 Å². The van der Waals surface area contributed by atoms with Crippen LogP contribution in [0.4, 0.5) is 15.3 Å². The van der Waals surface area contributed by atoms with Gasteiger partial charge in [0.1, 0.15) is 18.5 Å². The number of carbonyl (C=O) groups excluding carboxylic acids is 2. The number of carbonyl (C=O) groups is 2. The predicted octanol–water partition coefficient (Wildman–Crippen LogP) is 6.71. The first-order chi connectivity index (χ1) is 20.0. The molecule has 6 rings (SSSR count). The van der Waals surface area contributed by atoms with Crippen LogP contribution in [0.25, 0.3) is 11.1 Å². The molecule has 41 heavy (non-hydrogen) atoms. The van der Waals surface area contributed by atoms with Gasteiger partial charge in [-0.2, -0.15) is 0 Å². The lowest BCUT2D eigenvalue weighted by atomic mass is 9.85. The number of nitrogens with zero attached hydrogens (tertiary/aromatic N) is 1. The fraction of sp³-hybridized carbons (Fsp3) is 0.188. The molecule has 0 aromatic heterocycles. The van der Waals surface area contributed by atoms with E-state index in [2.05, 4.69) is 29.6 Å². The largest absolute Gasteiger partial charge is 0.514 e. The Morgan fingerprint density at radius 1 is 0.829 bits per heavy atom. The van der Waals surface area contributed by atoms with Crippen molar-refractivity contribution < 1.29 is 28.7 Å². The Labute approximate surface area is 235 Å². The summed E-state index contributed by atoms with van der Waals surface area (Å²) in [6, 6.07) is 28.3. The minimum atomic E-state index is -0.970. The molecule has 206 valence electrons. The van der Waals surface area contributed by atoms with Gasteiger partial charge in [-0.1, -0.05) is 72.8 Å². The van der Waals surface area contributed by atoms with Crippen LogP contribution < -0.4 is 10.1 Å². The molecule has 9 nitrogen and oxygen atoms in total. The summed E-state index contributed by atoms with van der Waals surface area (Å²) >= 11 is 0. The molecule has 9 heteroatoms. The Morgan fingerprint density at radius 3 is 2.10 bits per heavy atom. The van der Waals surface area contributed by atoms with E-state index >= 15 is 0 Å². The van der Waals surface area contributed by atoms with E-state index in [0.717, 1.165) is 33.4 Å². The quantitative estimate of drug-likeness (QED) is 0.123. The summed E-state index contributed by atoms with van der Waals surface area (Å²) in [7, 11) is 0. The first-order valence-electron chi connectivity index (χ1n) is 13.3. The maximum atomic E-state index is 13.2. The SMILES string of the molecule is O=C(N[C@@H]1c2ccccc2CC[C@@H]1OC(=O)Oc1ccc([N+](=O)[O-])cc1)OCC1c2ccccc2-c2ccccc21. The zero-order chi connectivity index (χ0) is 28.3. The zero-order valence-electron chi connectivity index (χ0n) is 21.9. The third-order valence-electron chi connectivity index (χ3n) is 7.57. The van der Waals surface area contributed by atoms with Crippen molar-refractivity contribution in [1.82, 2.24) is 5.32 Å². The topological polar surface area (TPSA) is 117 Å². The van der Waals surface area contributed by atoms with E-state index in [9.17, 15) is 19.7 Å². The van der Waals surface area contributed by atoms with Crippen LogP contribution in [0.1, 0.15) is 40.6 Å². The van der Waals surface area contributed by atoms with Crippen molar-refractivity contribution in [2.75, 3.05) is 6.61 Å². The summed E-state index contributed by atoms with van der Waals surface area (Å²) in [4.78, 5) is 36.1. The minimum Gasteiger partial charge on any atom is -0.449 e. The molecule has 0 unspecified atom stereocenters. The predicted molar refractivity (Wildman–Crippen MR) is 150 cm³/mol. The fourth-order valence-corrected chi connectivity index (χ4v) is 5.67. The summed E-state index contributed by atoms with van der Waals surface area (Å²) < 4.78 is 16.7. The van der Waals surface area contributed by atoms with E-state index in [-0.39, 0.29) is 24.0 Å². The van der Waals surface area contributed by atoms with Crippen LogP contribution in [0, 0.1) is 10.1 Å². The number of aryl methyl sites for hydroxylation is 1. The number of fused-ring (bicyclic) bond motifs is 4. The van der Waals surface area contributed by atoms with Crippen LogP contribution in [-0.4, -0.2) is 29.9 Å². The Kier molecular flexibility index (Phi) is 7.08. The highest BCUT2D eigenvalue weighted by Crippen LogP contribution is 2.44. The summed E-state index contributed by atoms with van der Waals surface area (Å²) in [5.74, 6) is 0.0216. The van der Waals surface area contributed by atoms with E-state index in [4.69, 9.17) is 14.2 Å². The lowest BCUT2D eigenvalue weighted by molar-refractivity contribution is -0.384. The van der Waals surface area contributed by atoms with Crippen LogP contribution in [0.5, 0.6) is 5.75 Å². The van der Waals surface area contributed by atoms with Crippen LogP contribution >= 0.6 is 0 Å². The Balaban J connectivity index is 1.15. The minimum absolute atomic E-state index is 0.0875. The third-order valence-corrected chi connectivity index (χ3v) is 7.57. The number of nitrogens with one attached hydrogen (secondary N) is 1. The van der Waals surface area contributed by atoms with Crippen LogP contribution in [-0.2, 0) is 15.9 Å². The van der Waals surface area contributed by atoms with E-state index < -0.39 is 29.3 Å². The summed E-state index contributed by atoms with van der Waals surface area (Å²) in [6.07, 6.45) is -1.20. The van der Waals surface area contributed by atoms with Crippen molar-refractivity contribution in [3.05, 3.63) is 129 Å².